The fourth-order valence-corrected chi connectivity index (χ4v) is 2.38. The molecule has 25 heavy (non-hydrogen) atoms. The summed E-state index contributed by atoms with van der Waals surface area (Å²) in [5, 5.41) is 10.2. The minimum Gasteiger partial charge on any atom is -0.508 e. The summed E-state index contributed by atoms with van der Waals surface area (Å²) >= 11 is 0. The number of hydrogen-bond donors (Lipinski definition) is 2. The van der Waals surface area contributed by atoms with Crippen LogP contribution in [-0.2, 0) is 0 Å². The average Bonchev–Trinajstić information content (AvgIpc) is 2.63. The zero-order valence-electron chi connectivity index (χ0n) is 13.6. The van der Waals surface area contributed by atoms with Crippen LogP contribution in [0.25, 0.3) is 22.0 Å². The number of benzene rings is 3. The summed E-state index contributed by atoms with van der Waals surface area (Å²) in [7, 11) is 0. The fourth-order valence-electron chi connectivity index (χ4n) is 2.38. The molecule has 0 bridgehead atoms. The largest absolute Gasteiger partial charge is 3.00 e. The minimum absolute atomic E-state index is 0. The third-order valence-electron chi connectivity index (χ3n) is 3.61. The van der Waals surface area contributed by atoms with E-state index in [2.05, 4.69) is 4.98 Å². The Hall–Kier alpha value is -2.80. The number of para-hydroxylation sites is 1. The van der Waals surface area contributed by atoms with Crippen LogP contribution >= 0.6 is 0 Å². The van der Waals surface area contributed by atoms with Gasteiger partial charge < -0.3 is 10.1 Å². The van der Waals surface area contributed by atoms with Gasteiger partial charge >= 0.3 is 17.4 Å². The van der Waals surface area contributed by atoms with Gasteiger partial charge in [-0.3, -0.25) is 4.79 Å². The van der Waals surface area contributed by atoms with Crippen LogP contribution in [0.3, 0.4) is 0 Å². The third-order valence-corrected chi connectivity index (χ3v) is 3.61. The molecule has 0 atom stereocenters. The first kappa shape index (κ1) is 18.5. The molecule has 0 aliphatic heterocycles. The molecule has 1 heterocycles. The van der Waals surface area contributed by atoms with Crippen LogP contribution < -0.4 is 5.56 Å². The van der Waals surface area contributed by atoms with Gasteiger partial charge in [0.1, 0.15) is 5.75 Å². The van der Waals surface area contributed by atoms with Gasteiger partial charge in [0.15, 0.2) is 0 Å². The Bertz CT molecular complexity index is 980. The maximum Gasteiger partial charge on any atom is 3.00 e. The molecule has 0 unspecified atom stereocenters. The molecule has 118 valence electrons. The van der Waals surface area contributed by atoms with Crippen molar-refractivity contribution >= 4 is 28.3 Å². The first-order valence-electron chi connectivity index (χ1n) is 7.65. The second kappa shape index (κ2) is 8.89. The molecule has 4 heteroatoms. The number of nitrogens with one attached hydrogen (secondary N) is 1. The predicted molar refractivity (Wildman–Crippen MR) is 104 cm³/mol. The van der Waals surface area contributed by atoms with Gasteiger partial charge in [-0.05, 0) is 40.8 Å². The molecule has 0 spiro atoms. The summed E-state index contributed by atoms with van der Waals surface area (Å²) < 4.78 is 0. The number of phenols is 1. The van der Waals surface area contributed by atoms with E-state index in [-0.39, 0.29) is 22.9 Å². The van der Waals surface area contributed by atoms with Gasteiger partial charge in [-0.1, -0.05) is 60.7 Å². The van der Waals surface area contributed by atoms with Crippen molar-refractivity contribution in [3.63, 3.8) is 0 Å². The van der Waals surface area contributed by atoms with Crippen molar-refractivity contribution in [1.29, 1.82) is 0 Å². The molecule has 1 aromatic heterocycles. The number of pyridine rings is 1. The maximum atomic E-state index is 10.8. The first-order chi connectivity index (χ1) is 11.7. The van der Waals surface area contributed by atoms with Gasteiger partial charge in [-0.15, -0.1) is 0 Å². The second-order valence-electron chi connectivity index (χ2n) is 5.32. The first-order valence-corrected chi connectivity index (χ1v) is 7.65. The SMILES string of the molecule is O=c1ccc2ccccc2[nH]1.Oc1ccc(-c2ccccc2)cc1.[Al+3]. The molecule has 0 saturated carbocycles. The van der Waals surface area contributed by atoms with Crippen LogP contribution in [0.2, 0.25) is 0 Å². The second-order valence-corrected chi connectivity index (χ2v) is 5.32. The maximum absolute atomic E-state index is 10.8. The quantitative estimate of drug-likeness (QED) is 0.509. The van der Waals surface area contributed by atoms with E-state index in [1.54, 1.807) is 12.1 Å². The van der Waals surface area contributed by atoms with Crippen molar-refractivity contribution in [2.75, 3.05) is 0 Å². The van der Waals surface area contributed by atoms with Crippen LogP contribution in [0.1, 0.15) is 0 Å². The molecule has 0 fully saturated rings. The van der Waals surface area contributed by atoms with E-state index in [1.807, 2.05) is 72.8 Å². The molecule has 0 amide bonds. The summed E-state index contributed by atoms with van der Waals surface area (Å²) in [4.78, 5) is 13.6. The number of aromatic amines is 1. The molecule has 2 N–H and O–H groups in total. The Kier molecular flexibility index (Phi) is 6.59. The predicted octanol–water partition coefficient (Wildman–Crippen LogP) is 4.21. The zero-order chi connectivity index (χ0) is 16.8. The number of hydrogen-bond acceptors (Lipinski definition) is 2. The van der Waals surface area contributed by atoms with Crippen LogP contribution in [-0.4, -0.2) is 27.5 Å². The van der Waals surface area contributed by atoms with Gasteiger partial charge in [0.05, 0.1) is 0 Å². The van der Waals surface area contributed by atoms with Gasteiger partial charge in [0, 0.05) is 11.6 Å². The van der Waals surface area contributed by atoms with E-state index in [1.165, 1.54) is 11.6 Å². The molecule has 4 aromatic rings. The number of fused-ring (bicyclic) bond motifs is 1. The molecule has 0 saturated heterocycles. The van der Waals surface area contributed by atoms with E-state index in [0.717, 1.165) is 16.5 Å². The van der Waals surface area contributed by atoms with Crippen LogP contribution in [0.5, 0.6) is 5.75 Å². The van der Waals surface area contributed by atoms with E-state index >= 15 is 0 Å². The van der Waals surface area contributed by atoms with Crippen molar-refractivity contribution in [3.8, 4) is 16.9 Å². The normalized spacial score (nSPS) is 9.60. The van der Waals surface area contributed by atoms with Crippen molar-refractivity contribution in [2.24, 2.45) is 0 Å². The van der Waals surface area contributed by atoms with E-state index in [9.17, 15) is 4.79 Å². The number of aromatic hydroxyl groups is 1. The monoisotopic (exact) mass is 342 g/mol. The van der Waals surface area contributed by atoms with E-state index in [0.29, 0.717) is 5.75 Å². The van der Waals surface area contributed by atoms with Gasteiger partial charge in [-0.2, -0.15) is 0 Å². The van der Waals surface area contributed by atoms with Crippen molar-refractivity contribution in [2.45, 2.75) is 0 Å². The summed E-state index contributed by atoms with van der Waals surface area (Å²) in [5.41, 5.74) is 3.13. The number of rotatable bonds is 1. The fraction of sp³-hybridized carbons (Fsp3) is 0. The van der Waals surface area contributed by atoms with Gasteiger partial charge in [0.25, 0.3) is 0 Å². The Morgan fingerprint density at radius 1 is 0.640 bits per heavy atom. The summed E-state index contributed by atoms with van der Waals surface area (Å²) in [6.45, 7) is 0. The Morgan fingerprint density at radius 2 is 1.24 bits per heavy atom. The Morgan fingerprint density at radius 3 is 1.96 bits per heavy atom. The molecule has 0 aliphatic rings. The molecule has 0 aliphatic carbocycles. The molecule has 3 nitrogen and oxygen atoms in total. The minimum atomic E-state index is -0.0521. The van der Waals surface area contributed by atoms with E-state index < -0.39 is 0 Å². The van der Waals surface area contributed by atoms with Crippen molar-refractivity contribution in [1.82, 2.24) is 4.98 Å². The third kappa shape index (κ3) is 5.09. The van der Waals surface area contributed by atoms with Crippen molar-refractivity contribution < 1.29 is 5.11 Å². The smallest absolute Gasteiger partial charge is 0.508 e. The van der Waals surface area contributed by atoms with Gasteiger partial charge in [-0.25, -0.2) is 0 Å². The standard InChI is InChI=1S/C12H10O.C9H7NO.Al/c13-12-8-6-11(7-9-12)10-4-2-1-3-5-10;11-9-6-5-7-3-1-2-4-8(7)10-9;/h1-9,13H;1-6H,(H,10,11);/q;;+3. The summed E-state index contributed by atoms with van der Waals surface area (Å²) in [6, 6.07) is 28.3. The van der Waals surface area contributed by atoms with Crippen LogP contribution in [0.4, 0.5) is 0 Å². The Labute approximate surface area is 156 Å². The van der Waals surface area contributed by atoms with Crippen LogP contribution in [0, 0.1) is 0 Å². The Balaban J connectivity index is 0.000000175. The number of aromatic nitrogens is 1. The zero-order valence-corrected chi connectivity index (χ0v) is 14.7. The molecule has 0 radical (unpaired) electrons. The van der Waals surface area contributed by atoms with Crippen LogP contribution in [0.15, 0.2) is 95.8 Å². The average molecular weight is 342 g/mol. The molecular formula is C21H17AlNO2+3. The summed E-state index contributed by atoms with van der Waals surface area (Å²) in [5.74, 6) is 0.305. The number of phenolic OH excluding ortho intramolecular Hbond substituents is 1. The molecular weight excluding hydrogens is 325 g/mol. The summed E-state index contributed by atoms with van der Waals surface area (Å²) in [6.07, 6.45) is 0. The van der Waals surface area contributed by atoms with E-state index in [4.69, 9.17) is 5.11 Å². The van der Waals surface area contributed by atoms with Crippen molar-refractivity contribution in [3.05, 3.63) is 101 Å². The molecule has 3 aromatic carbocycles. The molecule has 4 rings (SSSR count). The topological polar surface area (TPSA) is 53.1 Å². The number of H-pyrrole nitrogens is 1. The van der Waals surface area contributed by atoms with Gasteiger partial charge in [0.2, 0.25) is 5.56 Å².